The van der Waals surface area contributed by atoms with Crippen molar-refractivity contribution in [3.05, 3.63) is 54.0 Å². The molecule has 25 heavy (non-hydrogen) atoms. The maximum absolute atomic E-state index is 12.5. The van der Waals surface area contributed by atoms with Crippen LogP contribution in [0.3, 0.4) is 0 Å². The molecular weight excluding hydrogens is 318 g/mol. The molecule has 0 saturated carbocycles. The lowest BCUT2D eigenvalue weighted by Crippen LogP contribution is -2.54. The minimum atomic E-state index is -0.248. The van der Waals surface area contributed by atoms with Crippen molar-refractivity contribution in [1.29, 1.82) is 0 Å². The maximum Gasteiger partial charge on any atom is 0.289 e. The van der Waals surface area contributed by atoms with Crippen LogP contribution >= 0.6 is 0 Å². The lowest BCUT2D eigenvalue weighted by atomic mass is 10.2. The van der Waals surface area contributed by atoms with E-state index in [-0.39, 0.29) is 17.9 Å². The van der Waals surface area contributed by atoms with Gasteiger partial charge in [0.1, 0.15) is 0 Å². The number of carbonyl (C=O) groups is 2. The molecule has 1 fully saturated rings. The molecule has 6 nitrogen and oxygen atoms in total. The van der Waals surface area contributed by atoms with Gasteiger partial charge in [-0.1, -0.05) is 17.7 Å². The first-order chi connectivity index (χ1) is 12.0. The predicted octanol–water partition coefficient (Wildman–Crippen LogP) is 2.37. The molecule has 0 radical (unpaired) electrons. The quantitative estimate of drug-likeness (QED) is 0.927. The highest BCUT2D eigenvalue weighted by Gasteiger charge is 2.28. The number of nitrogens with one attached hydrogen (secondary N) is 1. The van der Waals surface area contributed by atoms with E-state index in [1.54, 1.807) is 17.0 Å². The van der Waals surface area contributed by atoms with E-state index in [4.69, 9.17) is 4.42 Å². The van der Waals surface area contributed by atoms with Gasteiger partial charge >= 0.3 is 0 Å². The summed E-state index contributed by atoms with van der Waals surface area (Å²) >= 11 is 0. The molecule has 0 aliphatic carbocycles. The largest absolute Gasteiger partial charge is 0.459 e. The smallest absolute Gasteiger partial charge is 0.289 e. The number of rotatable bonds is 4. The first-order valence-corrected chi connectivity index (χ1v) is 8.49. The number of aryl methyl sites for hydroxylation is 1. The molecule has 2 amide bonds. The molecule has 0 unspecified atom stereocenters. The molecule has 1 aliphatic rings. The van der Waals surface area contributed by atoms with Gasteiger partial charge in [0.15, 0.2) is 5.76 Å². The van der Waals surface area contributed by atoms with Gasteiger partial charge in [-0.05, 0) is 38.1 Å². The van der Waals surface area contributed by atoms with Crippen molar-refractivity contribution < 1.29 is 14.0 Å². The van der Waals surface area contributed by atoms with Gasteiger partial charge in [0.2, 0.25) is 5.91 Å². The zero-order chi connectivity index (χ0) is 17.8. The van der Waals surface area contributed by atoms with Gasteiger partial charge in [-0.2, -0.15) is 0 Å². The van der Waals surface area contributed by atoms with Crippen LogP contribution in [0, 0.1) is 6.92 Å². The Morgan fingerprint density at radius 3 is 2.36 bits per heavy atom. The Hall–Kier alpha value is -2.60. The normalized spacial score (nSPS) is 16.5. The molecule has 1 aliphatic heterocycles. The van der Waals surface area contributed by atoms with Crippen LogP contribution < -0.4 is 5.32 Å². The van der Waals surface area contributed by atoms with Crippen molar-refractivity contribution >= 4 is 17.5 Å². The number of hydrogen-bond acceptors (Lipinski definition) is 4. The second-order valence-corrected chi connectivity index (χ2v) is 6.34. The summed E-state index contributed by atoms with van der Waals surface area (Å²) in [6, 6.07) is 10.9. The van der Waals surface area contributed by atoms with Gasteiger partial charge in [0, 0.05) is 31.9 Å². The molecule has 1 aromatic heterocycles. The van der Waals surface area contributed by atoms with Crippen molar-refractivity contribution in [1.82, 2.24) is 9.80 Å². The van der Waals surface area contributed by atoms with E-state index >= 15 is 0 Å². The van der Waals surface area contributed by atoms with Crippen molar-refractivity contribution in [2.45, 2.75) is 19.9 Å². The minimum Gasteiger partial charge on any atom is -0.459 e. The van der Waals surface area contributed by atoms with Gasteiger partial charge in [-0.15, -0.1) is 0 Å². The van der Waals surface area contributed by atoms with Gasteiger partial charge in [0.05, 0.1) is 12.3 Å². The Morgan fingerprint density at radius 1 is 1.08 bits per heavy atom. The van der Waals surface area contributed by atoms with E-state index in [1.165, 1.54) is 6.26 Å². The van der Waals surface area contributed by atoms with E-state index < -0.39 is 0 Å². The highest BCUT2D eigenvalue weighted by atomic mass is 16.3. The lowest BCUT2D eigenvalue weighted by molar-refractivity contribution is -0.121. The molecule has 0 spiro atoms. The Balaban J connectivity index is 1.52. The van der Waals surface area contributed by atoms with Gasteiger partial charge < -0.3 is 14.6 Å². The molecule has 3 rings (SSSR count). The van der Waals surface area contributed by atoms with Gasteiger partial charge in [-0.25, -0.2) is 0 Å². The summed E-state index contributed by atoms with van der Waals surface area (Å²) in [6.45, 7) is 6.40. The summed E-state index contributed by atoms with van der Waals surface area (Å²) in [5.74, 6) is 0.231. The Bertz CT molecular complexity index is 717. The summed E-state index contributed by atoms with van der Waals surface area (Å²) in [7, 11) is 0. The van der Waals surface area contributed by atoms with Crippen LogP contribution in [0.15, 0.2) is 47.1 Å². The first kappa shape index (κ1) is 17.2. The van der Waals surface area contributed by atoms with Gasteiger partial charge in [-0.3, -0.25) is 14.5 Å². The standard InChI is InChI=1S/C19H23N3O3/c1-14-5-7-16(8-6-14)20-18(23)15(2)21-9-11-22(12-10-21)19(24)17-4-3-13-25-17/h3-8,13,15H,9-12H2,1-2H3,(H,20,23)/t15-/m1/s1. The number of piperazine rings is 1. The summed E-state index contributed by atoms with van der Waals surface area (Å²) in [4.78, 5) is 28.6. The number of amides is 2. The van der Waals surface area contributed by atoms with E-state index in [1.807, 2.05) is 38.1 Å². The number of nitrogens with zero attached hydrogens (tertiary/aromatic N) is 2. The van der Waals surface area contributed by atoms with Crippen LogP contribution in [0.1, 0.15) is 23.0 Å². The highest BCUT2D eigenvalue weighted by molar-refractivity contribution is 5.94. The second-order valence-electron chi connectivity index (χ2n) is 6.34. The summed E-state index contributed by atoms with van der Waals surface area (Å²) in [6.07, 6.45) is 1.50. The van der Waals surface area contributed by atoms with Crippen LogP contribution in [0.4, 0.5) is 5.69 Å². The predicted molar refractivity (Wildman–Crippen MR) is 95.5 cm³/mol. The molecule has 1 saturated heterocycles. The molecule has 2 aromatic rings. The summed E-state index contributed by atoms with van der Waals surface area (Å²) in [5.41, 5.74) is 1.96. The maximum atomic E-state index is 12.5. The zero-order valence-corrected chi connectivity index (χ0v) is 14.6. The fourth-order valence-corrected chi connectivity index (χ4v) is 2.92. The number of anilines is 1. The Kier molecular flexibility index (Phi) is 5.19. The molecule has 132 valence electrons. The van der Waals surface area contributed by atoms with E-state index in [0.29, 0.717) is 31.9 Å². The molecule has 2 heterocycles. The number of benzene rings is 1. The van der Waals surface area contributed by atoms with Crippen LogP contribution in [-0.4, -0.2) is 53.8 Å². The zero-order valence-electron chi connectivity index (χ0n) is 14.6. The second kappa shape index (κ2) is 7.53. The number of hydrogen-bond donors (Lipinski definition) is 1. The fraction of sp³-hybridized carbons (Fsp3) is 0.368. The topological polar surface area (TPSA) is 65.8 Å². The number of furan rings is 1. The highest BCUT2D eigenvalue weighted by Crippen LogP contribution is 2.14. The van der Waals surface area contributed by atoms with Crippen LogP contribution in [-0.2, 0) is 4.79 Å². The third-order valence-corrected chi connectivity index (χ3v) is 4.58. The van der Waals surface area contributed by atoms with Crippen LogP contribution in [0.25, 0.3) is 0 Å². The molecular formula is C19H23N3O3. The molecule has 6 heteroatoms. The molecule has 1 atom stereocenters. The Morgan fingerprint density at radius 2 is 1.76 bits per heavy atom. The van der Waals surface area contributed by atoms with Crippen molar-refractivity contribution in [2.24, 2.45) is 0 Å². The molecule has 1 aromatic carbocycles. The average molecular weight is 341 g/mol. The third-order valence-electron chi connectivity index (χ3n) is 4.58. The van der Waals surface area contributed by atoms with Gasteiger partial charge in [0.25, 0.3) is 5.91 Å². The van der Waals surface area contributed by atoms with Crippen molar-refractivity contribution in [3.63, 3.8) is 0 Å². The van der Waals surface area contributed by atoms with E-state index in [9.17, 15) is 9.59 Å². The SMILES string of the molecule is Cc1ccc(NC(=O)[C@@H](C)N2CCN(C(=O)c3ccco3)CC2)cc1. The van der Waals surface area contributed by atoms with Crippen molar-refractivity contribution in [3.8, 4) is 0 Å². The lowest BCUT2D eigenvalue weighted by Gasteiger charge is -2.37. The Labute approximate surface area is 147 Å². The van der Waals surface area contributed by atoms with E-state index in [2.05, 4.69) is 10.2 Å². The molecule has 1 N–H and O–H groups in total. The monoisotopic (exact) mass is 341 g/mol. The molecule has 0 bridgehead atoms. The van der Waals surface area contributed by atoms with Crippen LogP contribution in [0.5, 0.6) is 0 Å². The minimum absolute atomic E-state index is 0.0327. The summed E-state index contributed by atoms with van der Waals surface area (Å²) in [5, 5.41) is 2.95. The van der Waals surface area contributed by atoms with E-state index in [0.717, 1.165) is 11.3 Å². The average Bonchev–Trinajstić information content (AvgIpc) is 3.17. The fourth-order valence-electron chi connectivity index (χ4n) is 2.92. The third kappa shape index (κ3) is 4.09. The van der Waals surface area contributed by atoms with Crippen LogP contribution in [0.2, 0.25) is 0 Å². The van der Waals surface area contributed by atoms with Crippen molar-refractivity contribution in [2.75, 3.05) is 31.5 Å². The summed E-state index contributed by atoms with van der Waals surface area (Å²) < 4.78 is 5.17. The first-order valence-electron chi connectivity index (χ1n) is 8.49. The number of carbonyl (C=O) groups excluding carboxylic acids is 2.